The van der Waals surface area contributed by atoms with Crippen molar-refractivity contribution in [2.24, 2.45) is 0 Å². The van der Waals surface area contributed by atoms with Gasteiger partial charge in [-0.15, -0.1) is 0 Å². The minimum absolute atomic E-state index is 0.240. The van der Waals surface area contributed by atoms with Crippen LogP contribution in [0.2, 0.25) is 0 Å². The highest BCUT2D eigenvalue weighted by Gasteiger charge is 2.05. The SMILES string of the molecule is CCCNc1ncccc1Cn1cc(C)cnc1=O. The number of aromatic nitrogens is 3. The van der Waals surface area contributed by atoms with Crippen LogP contribution in [-0.2, 0) is 6.54 Å². The Kier molecular flexibility index (Phi) is 4.28. The maximum Gasteiger partial charge on any atom is 0.347 e. The predicted molar refractivity (Wildman–Crippen MR) is 75.4 cm³/mol. The summed E-state index contributed by atoms with van der Waals surface area (Å²) in [6, 6.07) is 3.85. The monoisotopic (exact) mass is 258 g/mol. The molecule has 0 saturated carbocycles. The first kappa shape index (κ1) is 13.3. The minimum Gasteiger partial charge on any atom is -0.370 e. The third kappa shape index (κ3) is 3.40. The Morgan fingerprint density at radius 1 is 1.37 bits per heavy atom. The second kappa shape index (κ2) is 6.13. The zero-order valence-corrected chi connectivity index (χ0v) is 11.3. The number of nitrogens with one attached hydrogen (secondary N) is 1. The molecule has 2 aromatic heterocycles. The van der Waals surface area contributed by atoms with Crippen LogP contribution in [0.3, 0.4) is 0 Å². The summed E-state index contributed by atoms with van der Waals surface area (Å²) in [6.45, 7) is 5.37. The first-order valence-corrected chi connectivity index (χ1v) is 6.41. The van der Waals surface area contributed by atoms with E-state index >= 15 is 0 Å². The Hall–Kier alpha value is -2.17. The van der Waals surface area contributed by atoms with E-state index in [9.17, 15) is 4.79 Å². The standard InChI is InChI=1S/C14H18N4O/c1-3-6-15-13-12(5-4-7-16-13)10-18-9-11(2)8-17-14(18)19/h4-5,7-9H,3,6,10H2,1-2H3,(H,15,16). The number of hydrogen-bond acceptors (Lipinski definition) is 4. The number of pyridine rings is 1. The lowest BCUT2D eigenvalue weighted by Gasteiger charge is -2.11. The van der Waals surface area contributed by atoms with Gasteiger partial charge in [0.05, 0.1) is 6.54 Å². The van der Waals surface area contributed by atoms with Crippen molar-refractivity contribution in [3.63, 3.8) is 0 Å². The smallest absolute Gasteiger partial charge is 0.347 e. The van der Waals surface area contributed by atoms with Crippen molar-refractivity contribution in [1.82, 2.24) is 14.5 Å². The molecule has 100 valence electrons. The highest BCUT2D eigenvalue weighted by molar-refractivity contribution is 5.43. The Morgan fingerprint density at radius 3 is 3.00 bits per heavy atom. The lowest BCUT2D eigenvalue weighted by atomic mass is 10.2. The van der Waals surface area contributed by atoms with Gasteiger partial charge in [0.25, 0.3) is 0 Å². The minimum atomic E-state index is -0.240. The first-order valence-electron chi connectivity index (χ1n) is 6.41. The van der Waals surface area contributed by atoms with Crippen LogP contribution in [0, 0.1) is 6.92 Å². The molecular formula is C14H18N4O. The van der Waals surface area contributed by atoms with Gasteiger partial charge < -0.3 is 5.32 Å². The number of aryl methyl sites for hydroxylation is 1. The van der Waals surface area contributed by atoms with Crippen LogP contribution in [0.4, 0.5) is 5.82 Å². The molecule has 0 fully saturated rings. The van der Waals surface area contributed by atoms with Crippen LogP contribution in [0.15, 0.2) is 35.5 Å². The summed E-state index contributed by atoms with van der Waals surface area (Å²) in [5.41, 5.74) is 1.72. The maximum absolute atomic E-state index is 11.7. The van der Waals surface area contributed by atoms with Crippen molar-refractivity contribution in [3.05, 3.63) is 52.3 Å². The molecule has 2 rings (SSSR count). The fourth-order valence-electron chi connectivity index (χ4n) is 1.83. The van der Waals surface area contributed by atoms with Gasteiger partial charge in [-0.2, -0.15) is 0 Å². The zero-order valence-electron chi connectivity index (χ0n) is 11.3. The molecule has 0 atom stereocenters. The molecule has 1 N–H and O–H groups in total. The number of hydrogen-bond donors (Lipinski definition) is 1. The molecule has 0 aromatic carbocycles. The van der Waals surface area contributed by atoms with Crippen molar-refractivity contribution in [1.29, 1.82) is 0 Å². The van der Waals surface area contributed by atoms with Gasteiger partial charge in [0.1, 0.15) is 5.82 Å². The van der Waals surface area contributed by atoms with E-state index in [4.69, 9.17) is 0 Å². The highest BCUT2D eigenvalue weighted by Crippen LogP contribution is 2.12. The summed E-state index contributed by atoms with van der Waals surface area (Å²) < 4.78 is 1.60. The molecule has 2 aromatic rings. The van der Waals surface area contributed by atoms with E-state index < -0.39 is 0 Å². The average molecular weight is 258 g/mol. The van der Waals surface area contributed by atoms with Crippen molar-refractivity contribution in [3.8, 4) is 0 Å². The lowest BCUT2D eigenvalue weighted by molar-refractivity contribution is 0.719. The first-order chi connectivity index (χ1) is 9.20. The molecule has 0 aliphatic rings. The molecule has 0 saturated heterocycles. The largest absolute Gasteiger partial charge is 0.370 e. The normalized spacial score (nSPS) is 10.4. The van der Waals surface area contributed by atoms with Gasteiger partial charge in [-0.25, -0.2) is 14.8 Å². The molecule has 5 heteroatoms. The van der Waals surface area contributed by atoms with E-state index in [2.05, 4.69) is 22.2 Å². The van der Waals surface area contributed by atoms with Crippen LogP contribution < -0.4 is 11.0 Å². The zero-order chi connectivity index (χ0) is 13.7. The van der Waals surface area contributed by atoms with Gasteiger partial charge in [0.2, 0.25) is 0 Å². The average Bonchev–Trinajstić information content (AvgIpc) is 2.42. The molecule has 2 heterocycles. The third-order valence-corrected chi connectivity index (χ3v) is 2.76. The van der Waals surface area contributed by atoms with Crippen molar-refractivity contribution < 1.29 is 0 Å². The van der Waals surface area contributed by atoms with E-state index in [0.29, 0.717) is 6.54 Å². The molecule has 5 nitrogen and oxygen atoms in total. The van der Waals surface area contributed by atoms with Crippen LogP contribution in [0.5, 0.6) is 0 Å². The van der Waals surface area contributed by atoms with Crippen molar-refractivity contribution in [2.75, 3.05) is 11.9 Å². The van der Waals surface area contributed by atoms with E-state index in [1.165, 1.54) is 0 Å². The van der Waals surface area contributed by atoms with E-state index in [0.717, 1.165) is 29.9 Å². The molecule has 0 aliphatic heterocycles. The van der Waals surface area contributed by atoms with E-state index in [1.54, 1.807) is 17.0 Å². The molecule has 0 radical (unpaired) electrons. The molecule has 0 aliphatic carbocycles. The Bertz CT molecular complexity index is 606. The summed E-state index contributed by atoms with van der Waals surface area (Å²) in [5, 5.41) is 3.27. The van der Waals surface area contributed by atoms with Crippen molar-refractivity contribution in [2.45, 2.75) is 26.8 Å². The topological polar surface area (TPSA) is 59.8 Å². The highest BCUT2D eigenvalue weighted by atomic mass is 16.1. The Morgan fingerprint density at radius 2 is 2.21 bits per heavy atom. The number of nitrogens with zero attached hydrogens (tertiary/aromatic N) is 3. The van der Waals surface area contributed by atoms with Crippen LogP contribution in [0.1, 0.15) is 24.5 Å². The maximum atomic E-state index is 11.7. The fourth-order valence-corrected chi connectivity index (χ4v) is 1.83. The van der Waals surface area contributed by atoms with Gasteiger partial charge in [0, 0.05) is 30.7 Å². The Balaban J connectivity index is 2.27. The number of anilines is 1. The summed E-state index contributed by atoms with van der Waals surface area (Å²) in [5.74, 6) is 0.831. The number of rotatable bonds is 5. The predicted octanol–water partition coefficient (Wildman–Crippen LogP) is 1.82. The van der Waals surface area contributed by atoms with Crippen molar-refractivity contribution >= 4 is 5.82 Å². The van der Waals surface area contributed by atoms with Crippen LogP contribution in [-0.4, -0.2) is 21.1 Å². The van der Waals surface area contributed by atoms with Gasteiger partial charge in [-0.05, 0) is 25.0 Å². The van der Waals surface area contributed by atoms with Crippen LogP contribution in [0.25, 0.3) is 0 Å². The van der Waals surface area contributed by atoms with Crippen LogP contribution >= 0.6 is 0 Å². The summed E-state index contributed by atoms with van der Waals surface area (Å²) in [6.07, 6.45) is 6.17. The lowest BCUT2D eigenvalue weighted by Crippen LogP contribution is -2.23. The van der Waals surface area contributed by atoms with Gasteiger partial charge in [-0.1, -0.05) is 13.0 Å². The third-order valence-electron chi connectivity index (χ3n) is 2.76. The summed E-state index contributed by atoms with van der Waals surface area (Å²) >= 11 is 0. The fraction of sp³-hybridized carbons (Fsp3) is 0.357. The molecule has 0 amide bonds. The molecule has 0 unspecified atom stereocenters. The summed E-state index contributed by atoms with van der Waals surface area (Å²) in [7, 11) is 0. The summed E-state index contributed by atoms with van der Waals surface area (Å²) in [4.78, 5) is 19.9. The van der Waals surface area contributed by atoms with Gasteiger partial charge in [0.15, 0.2) is 0 Å². The van der Waals surface area contributed by atoms with E-state index in [1.807, 2.05) is 25.3 Å². The molecule has 0 bridgehead atoms. The molecule has 19 heavy (non-hydrogen) atoms. The second-order valence-electron chi connectivity index (χ2n) is 4.48. The van der Waals surface area contributed by atoms with E-state index in [-0.39, 0.29) is 5.69 Å². The second-order valence-corrected chi connectivity index (χ2v) is 4.48. The van der Waals surface area contributed by atoms with Gasteiger partial charge in [-0.3, -0.25) is 4.57 Å². The molecular weight excluding hydrogens is 240 g/mol. The van der Waals surface area contributed by atoms with Gasteiger partial charge >= 0.3 is 5.69 Å². The quantitative estimate of drug-likeness (QED) is 0.888. The molecule has 0 spiro atoms. The Labute approximate surface area is 112 Å².